The highest BCUT2D eigenvalue weighted by Crippen LogP contribution is 2.26. The van der Waals surface area contributed by atoms with Gasteiger partial charge >= 0.3 is 0 Å². The van der Waals surface area contributed by atoms with Crippen LogP contribution in [0.2, 0.25) is 0 Å². The van der Waals surface area contributed by atoms with Crippen molar-refractivity contribution in [1.82, 2.24) is 4.57 Å². The molecule has 0 unspecified atom stereocenters. The van der Waals surface area contributed by atoms with Gasteiger partial charge in [0.25, 0.3) is 0 Å². The summed E-state index contributed by atoms with van der Waals surface area (Å²) in [5, 5.41) is 1.37. The second-order valence-electron chi connectivity index (χ2n) is 5.63. The summed E-state index contributed by atoms with van der Waals surface area (Å²) in [7, 11) is 0. The van der Waals surface area contributed by atoms with Crippen LogP contribution >= 0.6 is 0 Å². The maximum atomic E-state index is 2.56. The number of nitrogens with zero attached hydrogens (tertiary/aromatic N) is 2. The van der Waals surface area contributed by atoms with Crippen LogP contribution in [0.4, 0.5) is 0 Å². The Morgan fingerprint density at radius 1 is 1.06 bits per heavy atom. The Morgan fingerprint density at radius 2 is 1.89 bits per heavy atom. The van der Waals surface area contributed by atoms with E-state index in [4.69, 9.17) is 0 Å². The SMILES string of the molecule is C1=[N+](C2CCCCC2)Cn2c1cc1ccccc12. The molecule has 2 heterocycles. The number of para-hydroxylation sites is 1. The molecule has 1 aromatic heterocycles. The molecule has 1 aliphatic carbocycles. The molecule has 1 aliphatic heterocycles. The van der Waals surface area contributed by atoms with Crippen molar-refractivity contribution in [2.75, 3.05) is 0 Å². The average Bonchev–Trinajstić information content (AvgIpc) is 2.97. The van der Waals surface area contributed by atoms with Gasteiger partial charge < -0.3 is 0 Å². The van der Waals surface area contributed by atoms with Crippen LogP contribution in [-0.2, 0) is 6.67 Å². The molecule has 0 atom stereocenters. The molecule has 2 nitrogen and oxygen atoms in total. The van der Waals surface area contributed by atoms with E-state index in [0.717, 1.165) is 12.7 Å². The van der Waals surface area contributed by atoms with Gasteiger partial charge in [-0.25, -0.2) is 4.58 Å². The van der Waals surface area contributed by atoms with E-state index in [1.165, 1.54) is 48.7 Å². The van der Waals surface area contributed by atoms with Gasteiger partial charge in [0.2, 0.25) is 6.67 Å². The first-order chi connectivity index (χ1) is 8.92. The smallest absolute Gasteiger partial charge is 0.223 e. The van der Waals surface area contributed by atoms with Gasteiger partial charge in [0.15, 0.2) is 12.3 Å². The third-order valence-electron chi connectivity index (χ3n) is 4.49. The Labute approximate surface area is 108 Å². The van der Waals surface area contributed by atoms with E-state index >= 15 is 0 Å². The van der Waals surface area contributed by atoms with Crippen LogP contribution in [-0.4, -0.2) is 21.4 Å². The molecule has 0 N–H and O–H groups in total. The third kappa shape index (κ3) is 1.52. The largest absolute Gasteiger partial charge is 0.280 e. The maximum absolute atomic E-state index is 2.56. The molecule has 1 aromatic carbocycles. The monoisotopic (exact) mass is 239 g/mol. The van der Waals surface area contributed by atoms with Crippen molar-refractivity contribution >= 4 is 17.1 Å². The van der Waals surface area contributed by atoms with Crippen LogP contribution in [0.3, 0.4) is 0 Å². The molecule has 18 heavy (non-hydrogen) atoms. The predicted octanol–water partition coefficient (Wildman–Crippen LogP) is 3.38. The van der Waals surface area contributed by atoms with Crippen molar-refractivity contribution in [3.05, 3.63) is 36.0 Å². The molecular formula is C16H19N2+. The summed E-state index contributed by atoms with van der Waals surface area (Å²) in [6.07, 6.45) is 9.36. The molecule has 92 valence electrons. The second-order valence-corrected chi connectivity index (χ2v) is 5.63. The number of rotatable bonds is 1. The molecule has 0 saturated heterocycles. The molecule has 1 fully saturated rings. The van der Waals surface area contributed by atoms with E-state index in [9.17, 15) is 0 Å². The lowest BCUT2D eigenvalue weighted by molar-refractivity contribution is -0.587. The Kier molecular flexibility index (Phi) is 2.29. The number of aromatic nitrogens is 1. The lowest BCUT2D eigenvalue weighted by atomic mass is 9.95. The second kappa shape index (κ2) is 3.98. The highest BCUT2D eigenvalue weighted by atomic mass is 15.2. The van der Waals surface area contributed by atoms with Crippen LogP contribution in [0.1, 0.15) is 37.8 Å². The fraction of sp³-hybridized carbons (Fsp3) is 0.438. The molecule has 0 bridgehead atoms. The topological polar surface area (TPSA) is 7.94 Å². The molecule has 0 spiro atoms. The van der Waals surface area contributed by atoms with Crippen molar-refractivity contribution in [1.29, 1.82) is 0 Å². The van der Waals surface area contributed by atoms with E-state index in [2.05, 4.69) is 45.7 Å². The van der Waals surface area contributed by atoms with Gasteiger partial charge in [-0.05, 0) is 25.0 Å². The van der Waals surface area contributed by atoms with E-state index < -0.39 is 0 Å². The first-order valence-corrected chi connectivity index (χ1v) is 7.11. The molecule has 4 rings (SSSR count). The summed E-state index contributed by atoms with van der Waals surface area (Å²) in [5.74, 6) is 0. The fourth-order valence-corrected chi connectivity index (χ4v) is 3.50. The minimum Gasteiger partial charge on any atom is -0.280 e. The Balaban J connectivity index is 1.70. The highest BCUT2D eigenvalue weighted by molar-refractivity contribution is 5.89. The Bertz CT molecular complexity index is 615. The van der Waals surface area contributed by atoms with Gasteiger partial charge in [-0.3, -0.25) is 4.57 Å². The normalized spacial score (nSPS) is 20.1. The molecule has 2 aliphatic rings. The first kappa shape index (κ1) is 10.4. The lowest BCUT2D eigenvalue weighted by Crippen LogP contribution is -2.27. The van der Waals surface area contributed by atoms with Gasteiger partial charge in [0.1, 0.15) is 5.69 Å². The number of benzene rings is 1. The molecule has 2 heteroatoms. The van der Waals surface area contributed by atoms with Gasteiger partial charge in [0, 0.05) is 18.2 Å². The molecule has 2 aromatic rings. The van der Waals surface area contributed by atoms with Crippen molar-refractivity contribution in [2.45, 2.75) is 44.8 Å². The summed E-state index contributed by atoms with van der Waals surface area (Å²) >= 11 is 0. The summed E-state index contributed by atoms with van der Waals surface area (Å²) in [6.45, 7) is 1.05. The van der Waals surface area contributed by atoms with E-state index in [1.807, 2.05) is 0 Å². The highest BCUT2D eigenvalue weighted by Gasteiger charge is 2.29. The maximum Gasteiger partial charge on any atom is 0.223 e. The third-order valence-corrected chi connectivity index (χ3v) is 4.49. The molecule has 1 saturated carbocycles. The fourth-order valence-electron chi connectivity index (χ4n) is 3.50. The van der Waals surface area contributed by atoms with E-state index in [1.54, 1.807) is 0 Å². The first-order valence-electron chi connectivity index (χ1n) is 7.11. The lowest BCUT2D eigenvalue weighted by Gasteiger charge is -2.18. The van der Waals surface area contributed by atoms with E-state index in [0.29, 0.717) is 0 Å². The Morgan fingerprint density at radius 3 is 2.78 bits per heavy atom. The molecular weight excluding hydrogens is 220 g/mol. The van der Waals surface area contributed by atoms with Crippen LogP contribution in [0.15, 0.2) is 30.3 Å². The van der Waals surface area contributed by atoms with Gasteiger partial charge in [-0.1, -0.05) is 24.6 Å². The standard InChI is InChI=1S/C16H19N2/c1-2-7-14(8-3-1)17-11-15-10-13-6-4-5-9-16(13)18(15)12-17/h4-6,9-11,14H,1-3,7-8,12H2/q+1. The van der Waals surface area contributed by atoms with E-state index in [-0.39, 0.29) is 0 Å². The van der Waals surface area contributed by atoms with Crippen molar-refractivity contribution < 1.29 is 4.58 Å². The number of hydrogen-bond donors (Lipinski definition) is 0. The zero-order valence-electron chi connectivity index (χ0n) is 10.7. The summed E-state index contributed by atoms with van der Waals surface area (Å²) in [4.78, 5) is 0. The van der Waals surface area contributed by atoms with Crippen LogP contribution in [0.5, 0.6) is 0 Å². The number of fused-ring (bicyclic) bond motifs is 3. The summed E-state index contributed by atoms with van der Waals surface area (Å²) in [6, 6.07) is 11.8. The Hall–Kier alpha value is -1.57. The van der Waals surface area contributed by atoms with Gasteiger partial charge in [0.05, 0.1) is 5.52 Å². The average molecular weight is 239 g/mol. The zero-order chi connectivity index (χ0) is 11.9. The number of hydrogen-bond acceptors (Lipinski definition) is 0. The minimum absolute atomic E-state index is 0.775. The van der Waals surface area contributed by atoms with Gasteiger partial charge in [-0.15, -0.1) is 0 Å². The zero-order valence-corrected chi connectivity index (χ0v) is 10.7. The van der Waals surface area contributed by atoms with Crippen LogP contribution in [0, 0.1) is 0 Å². The minimum atomic E-state index is 0.775. The molecule has 0 amide bonds. The molecule has 0 radical (unpaired) electrons. The quantitative estimate of drug-likeness (QED) is 0.674. The van der Waals surface area contributed by atoms with Crippen LogP contribution in [0.25, 0.3) is 10.9 Å². The van der Waals surface area contributed by atoms with Crippen molar-refractivity contribution in [2.24, 2.45) is 0 Å². The van der Waals surface area contributed by atoms with Crippen molar-refractivity contribution in [3.63, 3.8) is 0 Å². The summed E-state index contributed by atoms with van der Waals surface area (Å²) < 4.78 is 5.00. The van der Waals surface area contributed by atoms with Gasteiger partial charge in [-0.2, -0.15) is 0 Å². The summed E-state index contributed by atoms with van der Waals surface area (Å²) in [5.41, 5.74) is 2.75. The van der Waals surface area contributed by atoms with Crippen LogP contribution < -0.4 is 0 Å². The predicted molar refractivity (Wildman–Crippen MR) is 74.2 cm³/mol. The van der Waals surface area contributed by atoms with Crippen molar-refractivity contribution in [3.8, 4) is 0 Å².